The first-order chi connectivity index (χ1) is 13.6. The van der Waals surface area contributed by atoms with E-state index in [1.165, 1.54) is 11.9 Å². The van der Waals surface area contributed by atoms with Gasteiger partial charge in [-0.25, -0.2) is 15.0 Å². The molecule has 3 heterocycles. The molecule has 1 aliphatic rings. The van der Waals surface area contributed by atoms with Crippen molar-refractivity contribution in [3.63, 3.8) is 0 Å². The van der Waals surface area contributed by atoms with Crippen molar-refractivity contribution in [2.45, 2.75) is 13.5 Å². The number of rotatable bonds is 5. The number of nitrogens with zero attached hydrogens (tertiary/aromatic N) is 5. The van der Waals surface area contributed by atoms with Gasteiger partial charge in [0, 0.05) is 31.8 Å². The summed E-state index contributed by atoms with van der Waals surface area (Å²) in [6, 6.07) is 9.89. The second kappa shape index (κ2) is 7.67. The molecule has 144 valence electrons. The van der Waals surface area contributed by atoms with Crippen LogP contribution < -0.4 is 10.2 Å². The SMILES string of the molecule is Cc1ccc(-c2nc(CNc3cc(N4CCN(C)C(=O)C4)ncn3)co2)cc1. The van der Waals surface area contributed by atoms with Gasteiger partial charge >= 0.3 is 0 Å². The number of carbonyl (C=O) groups is 1. The molecule has 1 aromatic carbocycles. The van der Waals surface area contributed by atoms with Crippen molar-refractivity contribution in [3.05, 3.63) is 54.2 Å². The van der Waals surface area contributed by atoms with Crippen LogP contribution in [0.3, 0.4) is 0 Å². The van der Waals surface area contributed by atoms with Gasteiger partial charge in [-0.15, -0.1) is 0 Å². The molecule has 28 heavy (non-hydrogen) atoms. The van der Waals surface area contributed by atoms with E-state index in [1.807, 2.05) is 49.2 Å². The summed E-state index contributed by atoms with van der Waals surface area (Å²) in [5, 5.41) is 3.24. The van der Waals surface area contributed by atoms with Gasteiger partial charge in [-0.2, -0.15) is 0 Å². The maximum Gasteiger partial charge on any atom is 0.241 e. The molecule has 1 amide bonds. The lowest BCUT2D eigenvalue weighted by atomic mass is 10.1. The molecular formula is C20H22N6O2. The molecule has 1 fully saturated rings. The van der Waals surface area contributed by atoms with E-state index >= 15 is 0 Å². The van der Waals surface area contributed by atoms with Crippen LogP contribution in [0.25, 0.3) is 11.5 Å². The third-order valence-electron chi connectivity index (χ3n) is 4.73. The van der Waals surface area contributed by atoms with E-state index in [9.17, 15) is 4.79 Å². The number of nitrogens with one attached hydrogen (secondary N) is 1. The Labute approximate surface area is 163 Å². The highest BCUT2D eigenvalue weighted by molar-refractivity contribution is 5.82. The largest absolute Gasteiger partial charge is 0.444 e. The van der Waals surface area contributed by atoms with E-state index in [4.69, 9.17) is 4.42 Å². The molecule has 2 aromatic heterocycles. The second-order valence-corrected chi connectivity index (χ2v) is 6.86. The van der Waals surface area contributed by atoms with Gasteiger partial charge < -0.3 is 19.5 Å². The number of oxazole rings is 1. The first-order valence-electron chi connectivity index (χ1n) is 9.15. The number of anilines is 2. The van der Waals surface area contributed by atoms with Gasteiger partial charge in [-0.05, 0) is 19.1 Å². The first-order valence-corrected chi connectivity index (χ1v) is 9.15. The zero-order valence-electron chi connectivity index (χ0n) is 15.9. The molecule has 0 atom stereocenters. The highest BCUT2D eigenvalue weighted by Gasteiger charge is 2.22. The van der Waals surface area contributed by atoms with Crippen molar-refractivity contribution in [1.82, 2.24) is 19.9 Å². The van der Waals surface area contributed by atoms with Crippen LogP contribution in [-0.2, 0) is 11.3 Å². The molecule has 0 bridgehead atoms. The summed E-state index contributed by atoms with van der Waals surface area (Å²) in [6.45, 7) is 4.29. The van der Waals surface area contributed by atoms with E-state index in [0.29, 0.717) is 31.3 Å². The molecule has 1 N–H and O–H groups in total. The lowest BCUT2D eigenvalue weighted by molar-refractivity contribution is -0.129. The summed E-state index contributed by atoms with van der Waals surface area (Å²) in [5.41, 5.74) is 2.92. The Hall–Kier alpha value is -3.42. The van der Waals surface area contributed by atoms with Crippen molar-refractivity contribution in [3.8, 4) is 11.5 Å². The van der Waals surface area contributed by atoms with Crippen LogP contribution in [0.4, 0.5) is 11.6 Å². The average Bonchev–Trinajstić information content (AvgIpc) is 3.18. The van der Waals surface area contributed by atoms with Gasteiger partial charge in [0.15, 0.2) is 0 Å². The van der Waals surface area contributed by atoms with Crippen LogP contribution in [-0.4, -0.2) is 52.4 Å². The number of benzene rings is 1. The molecule has 4 rings (SSSR count). The monoisotopic (exact) mass is 378 g/mol. The molecule has 0 saturated carbocycles. The Morgan fingerprint density at radius 1 is 1.18 bits per heavy atom. The van der Waals surface area contributed by atoms with Gasteiger partial charge in [-0.3, -0.25) is 4.79 Å². The highest BCUT2D eigenvalue weighted by atomic mass is 16.3. The number of aromatic nitrogens is 3. The van der Waals surface area contributed by atoms with E-state index < -0.39 is 0 Å². The molecular weight excluding hydrogens is 356 g/mol. The van der Waals surface area contributed by atoms with Gasteiger partial charge in [-0.1, -0.05) is 17.7 Å². The number of aryl methyl sites for hydroxylation is 1. The number of hydrogen-bond acceptors (Lipinski definition) is 7. The lowest BCUT2D eigenvalue weighted by Crippen LogP contribution is -2.48. The minimum Gasteiger partial charge on any atom is -0.444 e. The quantitative estimate of drug-likeness (QED) is 0.729. The molecule has 0 aliphatic carbocycles. The summed E-state index contributed by atoms with van der Waals surface area (Å²) in [6.07, 6.45) is 3.14. The molecule has 0 spiro atoms. The summed E-state index contributed by atoms with van der Waals surface area (Å²) >= 11 is 0. The maximum absolute atomic E-state index is 11.9. The number of carbonyl (C=O) groups excluding carboxylic acids is 1. The van der Waals surface area contributed by atoms with Crippen LogP contribution in [0.1, 0.15) is 11.3 Å². The summed E-state index contributed by atoms with van der Waals surface area (Å²) in [7, 11) is 1.81. The van der Waals surface area contributed by atoms with Crippen LogP contribution >= 0.6 is 0 Å². The standard InChI is InChI=1S/C20H22N6O2/c1-14-3-5-15(6-4-14)20-24-16(12-28-20)10-21-17-9-18(23-13-22-17)26-8-7-25(2)19(27)11-26/h3-6,9,12-13H,7-8,10-11H2,1-2H3,(H,21,22,23). The minimum absolute atomic E-state index is 0.0885. The van der Waals surface area contributed by atoms with Crippen molar-refractivity contribution in [2.24, 2.45) is 0 Å². The summed E-state index contributed by atoms with van der Waals surface area (Å²) in [4.78, 5) is 28.7. The Kier molecular flexibility index (Phi) is 4.92. The molecule has 0 unspecified atom stereocenters. The van der Waals surface area contributed by atoms with E-state index in [2.05, 4.69) is 20.3 Å². The molecule has 8 heteroatoms. The Morgan fingerprint density at radius 2 is 2.00 bits per heavy atom. The fraction of sp³-hybridized carbons (Fsp3) is 0.300. The van der Waals surface area contributed by atoms with Crippen molar-refractivity contribution < 1.29 is 9.21 Å². The molecule has 0 radical (unpaired) electrons. The number of amides is 1. The first kappa shape index (κ1) is 18.0. The Morgan fingerprint density at radius 3 is 2.79 bits per heavy atom. The van der Waals surface area contributed by atoms with Crippen LogP contribution in [0, 0.1) is 6.92 Å². The van der Waals surface area contributed by atoms with Gasteiger partial charge in [0.25, 0.3) is 0 Å². The fourth-order valence-corrected chi connectivity index (χ4v) is 2.97. The maximum atomic E-state index is 11.9. The predicted octanol–water partition coefficient (Wildman–Crippen LogP) is 2.33. The van der Waals surface area contributed by atoms with Gasteiger partial charge in [0.1, 0.15) is 24.2 Å². The number of likely N-dealkylation sites (N-methyl/N-ethyl adjacent to an activating group) is 1. The number of piperazine rings is 1. The van der Waals surface area contributed by atoms with Gasteiger partial charge in [0.2, 0.25) is 11.8 Å². The zero-order chi connectivity index (χ0) is 19.5. The normalized spacial score (nSPS) is 14.4. The van der Waals surface area contributed by atoms with Crippen LogP contribution in [0.2, 0.25) is 0 Å². The third kappa shape index (κ3) is 3.95. The van der Waals surface area contributed by atoms with Crippen LogP contribution in [0.5, 0.6) is 0 Å². The molecule has 1 aliphatic heterocycles. The van der Waals surface area contributed by atoms with E-state index in [1.54, 1.807) is 11.2 Å². The van der Waals surface area contributed by atoms with Crippen molar-refractivity contribution in [2.75, 3.05) is 36.9 Å². The summed E-state index contributed by atoms with van der Waals surface area (Å²) < 4.78 is 5.59. The summed E-state index contributed by atoms with van der Waals surface area (Å²) in [5.74, 6) is 2.09. The van der Waals surface area contributed by atoms with E-state index in [0.717, 1.165) is 23.6 Å². The van der Waals surface area contributed by atoms with Gasteiger partial charge in [0.05, 0.1) is 18.8 Å². The third-order valence-corrected chi connectivity index (χ3v) is 4.73. The van der Waals surface area contributed by atoms with Crippen LogP contribution in [0.15, 0.2) is 47.3 Å². The van der Waals surface area contributed by atoms with Crippen molar-refractivity contribution >= 4 is 17.5 Å². The molecule has 3 aromatic rings. The topological polar surface area (TPSA) is 87.4 Å². The lowest BCUT2D eigenvalue weighted by Gasteiger charge is -2.32. The highest BCUT2D eigenvalue weighted by Crippen LogP contribution is 2.20. The predicted molar refractivity (Wildman–Crippen MR) is 106 cm³/mol. The second-order valence-electron chi connectivity index (χ2n) is 6.86. The Bertz CT molecular complexity index is 969. The smallest absolute Gasteiger partial charge is 0.241 e. The van der Waals surface area contributed by atoms with Crippen molar-refractivity contribution in [1.29, 1.82) is 0 Å². The number of hydrogen-bond donors (Lipinski definition) is 1. The Balaban J connectivity index is 1.40. The zero-order valence-corrected chi connectivity index (χ0v) is 15.9. The molecule has 1 saturated heterocycles. The fourth-order valence-electron chi connectivity index (χ4n) is 2.97. The van der Waals surface area contributed by atoms with E-state index in [-0.39, 0.29) is 5.91 Å². The molecule has 8 nitrogen and oxygen atoms in total. The minimum atomic E-state index is 0.0885. The average molecular weight is 378 g/mol.